The second-order valence-electron chi connectivity index (χ2n) is 8.08. The largest absolute Gasteiger partial charge is 0.352 e. The lowest BCUT2D eigenvalue weighted by molar-refractivity contribution is 0.0953. The zero-order chi connectivity index (χ0) is 20.1. The van der Waals surface area contributed by atoms with E-state index in [4.69, 9.17) is 4.99 Å². The molecule has 1 saturated carbocycles. The Morgan fingerprint density at radius 3 is 2.66 bits per heavy atom. The molecule has 4 heteroatoms. The molecule has 0 bridgehead atoms. The third-order valence-corrected chi connectivity index (χ3v) is 7.04. The number of amides is 1. The van der Waals surface area contributed by atoms with E-state index in [1.807, 2.05) is 12.1 Å². The van der Waals surface area contributed by atoms with Crippen molar-refractivity contribution in [2.75, 3.05) is 6.54 Å². The van der Waals surface area contributed by atoms with Crippen molar-refractivity contribution in [3.8, 4) is 0 Å². The first kappa shape index (κ1) is 20.2. The van der Waals surface area contributed by atoms with Gasteiger partial charge in [-0.1, -0.05) is 69.0 Å². The minimum Gasteiger partial charge on any atom is -0.352 e. The Bertz CT molecular complexity index is 897. The summed E-state index contributed by atoms with van der Waals surface area (Å²) in [5.74, 6) is 0.506. The smallest absolute Gasteiger partial charge is 0.251 e. The van der Waals surface area contributed by atoms with Gasteiger partial charge in [-0.3, -0.25) is 9.79 Å². The molecule has 0 spiro atoms. The quantitative estimate of drug-likeness (QED) is 0.439. The molecule has 0 saturated heterocycles. The molecule has 4 rings (SSSR count). The van der Waals surface area contributed by atoms with Crippen molar-refractivity contribution in [1.29, 1.82) is 0 Å². The highest BCUT2D eigenvalue weighted by Gasteiger charge is 2.25. The summed E-state index contributed by atoms with van der Waals surface area (Å²) >= 11 is 1.77. The maximum Gasteiger partial charge on any atom is 0.251 e. The standard InChI is InChI=1S/C25H30N2OS/c1-2-3-16-26-25(28)19-14-15-23-21(17-19)27-24(18-10-6-4-5-7-11-18)20-12-8-9-13-22(20)29-23/h8-9,12-15,17-18H,2-7,10-11,16H2,1H3,(H,26,28). The third kappa shape index (κ3) is 4.75. The number of aliphatic imine (C=N–C) groups is 1. The molecule has 1 fully saturated rings. The number of hydrogen-bond donors (Lipinski definition) is 1. The fraction of sp³-hybridized carbons (Fsp3) is 0.440. The first-order valence-corrected chi connectivity index (χ1v) is 11.9. The minimum atomic E-state index is -0.000715. The third-order valence-electron chi connectivity index (χ3n) is 5.90. The second kappa shape index (κ2) is 9.62. The maximum absolute atomic E-state index is 12.6. The van der Waals surface area contributed by atoms with Gasteiger partial charge in [0.1, 0.15) is 0 Å². The number of rotatable bonds is 5. The first-order valence-electron chi connectivity index (χ1n) is 11.0. The molecule has 3 nitrogen and oxygen atoms in total. The van der Waals surface area contributed by atoms with Gasteiger partial charge in [-0.05, 0) is 43.5 Å². The summed E-state index contributed by atoms with van der Waals surface area (Å²) in [5, 5.41) is 3.03. The molecular weight excluding hydrogens is 376 g/mol. The number of benzene rings is 2. The molecule has 0 atom stereocenters. The highest BCUT2D eigenvalue weighted by atomic mass is 32.2. The van der Waals surface area contributed by atoms with Crippen LogP contribution >= 0.6 is 11.8 Å². The molecule has 0 aromatic heterocycles. The highest BCUT2D eigenvalue weighted by molar-refractivity contribution is 7.99. The lowest BCUT2D eigenvalue weighted by Gasteiger charge is -2.18. The Balaban J connectivity index is 1.71. The van der Waals surface area contributed by atoms with Crippen LogP contribution in [0.2, 0.25) is 0 Å². The average Bonchev–Trinajstić information content (AvgIpc) is 3.10. The molecule has 1 amide bonds. The van der Waals surface area contributed by atoms with Crippen molar-refractivity contribution in [2.45, 2.75) is 68.1 Å². The van der Waals surface area contributed by atoms with Gasteiger partial charge in [0, 0.05) is 33.4 Å². The molecule has 29 heavy (non-hydrogen) atoms. The normalized spacial score (nSPS) is 16.8. The van der Waals surface area contributed by atoms with E-state index in [0.717, 1.165) is 30.0 Å². The summed E-state index contributed by atoms with van der Waals surface area (Å²) in [7, 11) is 0. The summed E-state index contributed by atoms with van der Waals surface area (Å²) in [6.45, 7) is 2.86. The average molecular weight is 407 g/mol. The van der Waals surface area contributed by atoms with Crippen LogP contribution in [0.1, 0.15) is 74.2 Å². The van der Waals surface area contributed by atoms with Gasteiger partial charge in [-0.15, -0.1) is 0 Å². The van der Waals surface area contributed by atoms with Crippen molar-refractivity contribution in [1.82, 2.24) is 5.32 Å². The second-order valence-corrected chi connectivity index (χ2v) is 9.16. The lowest BCUT2D eigenvalue weighted by atomic mass is 9.90. The fourth-order valence-electron chi connectivity index (χ4n) is 4.25. The maximum atomic E-state index is 12.6. The summed E-state index contributed by atoms with van der Waals surface area (Å²) in [6.07, 6.45) is 9.74. The first-order chi connectivity index (χ1) is 14.3. The van der Waals surface area contributed by atoms with Gasteiger partial charge in [0.05, 0.1) is 11.4 Å². The number of unbranched alkanes of at least 4 members (excludes halogenated alkanes) is 1. The Labute approximate surface area is 178 Å². The van der Waals surface area contributed by atoms with Crippen LogP contribution in [-0.2, 0) is 0 Å². The van der Waals surface area contributed by atoms with E-state index in [2.05, 4.69) is 42.6 Å². The highest BCUT2D eigenvalue weighted by Crippen LogP contribution is 2.43. The van der Waals surface area contributed by atoms with E-state index in [9.17, 15) is 4.79 Å². The molecule has 1 N–H and O–H groups in total. The molecule has 1 aliphatic carbocycles. The van der Waals surface area contributed by atoms with Crippen LogP contribution in [-0.4, -0.2) is 18.2 Å². The monoisotopic (exact) mass is 406 g/mol. The molecule has 0 unspecified atom stereocenters. The van der Waals surface area contributed by atoms with Gasteiger partial charge in [0.25, 0.3) is 5.91 Å². The summed E-state index contributed by atoms with van der Waals surface area (Å²) in [5.41, 5.74) is 4.14. The predicted molar refractivity (Wildman–Crippen MR) is 122 cm³/mol. The molecule has 0 radical (unpaired) electrons. The number of nitrogens with one attached hydrogen (secondary N) is 1. The summed E-state index contributed by atoms with van der Waals surface area (Å²) < 4.78 is 0. The Morgan fingerprint density at radius 2 is 1.86 bits per heavy atom. The molecular formula is C25H30N2OS. The number of carbonyl (C=O) groups is 1. The zero-order valence-corrected chi connectivity index (χ0v) is 18.1. The predicted octanol–water partition coefficient (Wildman–Crippen LogP) is 6.77. The van der Waals surface area contributed by atoms with Crippen LogP contribution in [0.5, 0.6) is 0 Å². The Kier molecular flexibility index (Phi) is 6.70. The van der Waals surface area contributed by atoms with E-state index in [-0.39, 0.29) is 5.91 Å². The van der Waals surface area contributed by atoms with Crippen LogP contribution in [0.25, 0.3) is 0 Å². The van der Waals surface area contributed by atoms with Crippen molar-refractivity contribution < 1.29 is 4.79 Å². The van der Waals surface area contributed by atoms with E-state index < -0.39 is 0 Å². The number of carbonyl (C=O) groups excluding carboxylic acids is 1. The van der Waals surface area contributed by atoms with Crippen LogP contribution < -0.4 is 5.32 Å². The topological polar surface area (TPSA) is 41.5 Å². The minimum absolute atomic E-state index is 0.000715. The van der Waals surface area contributed by atoms with Gasteiger partial charge in [0.2, 0.25) is 0 Å². The van der Waals surface area contributed by atoms with Crippen molar-refractivity contribution in [3.63, 3.8) is 0 Å². The lowest BCUT2D eigenvalue weighted by Crippen LogP contribution is -2.24. The zero-order valence-electron chi connectivity index (χ0n) is 17.2. The number of hydrogen-bond acceptors (Lipinski definition) is 3. The Morgan fingerprint density at radius 1 is 1.07 bits per heavy atom. The van der Waals surface area contributed by atoms with Crippen LogP contribution in [0.4, 0.5) is 5.69 Å². The molecule has 1 aliphatic heterocycles. The molecule has 2 aromatic carbocycles. The molecule has 1 heterocycles. The van der Waals surface area contributed by atoms with E-state index in [1.165, 1.54) is 54.7 Å². The molecule has 152 valence electrons. The van der Waals surface area contributed by atoms with Crippen molar-refractivity contribution in [3.05, 3.63) is 53.6 Å². The molecule has 2 aliphatic rings. The number of nitrogens with zero attached hydrogens (tertiary/aromatic N) is 1. The van der Waals surface area contributed by atoms with Gasteiger partial charge >= 0.3 is 0 Å². The van der Waals surface area contributed by atoms with Gasteiger partial charge in [0.15, 0.2) is 0 Å². The van der Waals surface area contributed by atoms with Crippen LogP contribution in [0, 0.1) is 5.92 Å². The van der Waals surface area contributed by atoms with Crippen molar-refractivity contribution in [2.24, 2.45) is 10.9 Å². The van der Waals surface area contributed by atoms with Gasteiger partial charge in [-0.2, -0.15) is 0 Å². The van der Waals surface area contributed by atoms with Crippen LogP contribution in [0.15, 0.2) is 57.2 Å². The summed E-state index contributed by atoms with van der Waals surface area (Å²) in [6, 6.07) is 14.6. The molecule has 2 aromatic rings. The number of fused-ring (bicyclic) bond motifs is 2. The van der Waals surface area contributed by atoms with Crippen LogP contribution in [0.3, 0.4) is 0 Å². The van der Waals surface area contributed by atoms with Crippen molar-refractivity contribution >= 4 is 29.1 Å². The SMILES string of the molecule is CCCCNC(=O)c1ccc2c(c1)N=C(C1CCCCCC1)c1ccccc1S2. The Hall–Kier alpha value is -2.07. The fourth-order valence-corrected chi connectivity index (χ4v) is 5.26. The van der Waals surface area contributed by atoms with Gasteiger partial charge in [-0.25, -0.2) is 0 Å². The van der Waals surface area contributed by atoms with E-state index >= 15 is 0 Å². The van der Waals surface area contributed by atoms with Gasteiger partial charge < -0.3 is 5.32 Å². The van der Waals surface area contributed by atoms with E-state index in [0.29, 0.717) is 11.5 Å². The van der Waals surface area contributed by atoms with E-state index in [1.54, 1.807) is 11.8 Å². The summed E-state index contributed by atoms with van der Waals surface area (Å²) in [4.78, 5) is 20.2.